The summed E-state index contributed by atoms with van der Waals surface area (Å²) in [5, 5.41) is 10.2. The third-order valence-electron chi connectivity index (χ3n) is 2.75. The number of fused-ring (bicyclic) bond motifs is 1. The van der Waals surface area contributed by atoms with Gasteiger partial charge < -0.3 is 0 Å². The number of benzene rings is 1. The lowest BCUT2D eigenvalue weighted by Gasteiger charge is -2.04. The predicted octanol–water partition coefficient (Wildman–Crippen LogP) is 1.68. The van der Waals surface area contributed by atoms with Crippen LogP contribution >= 0.6 is 11.3 Å². The molecule has 3 aromatic rings. The molecule has 2 heterocycles. The van der Waals surface area contributed by atoms with Crippen molar-refractivity contribution in [3.63, 3.8) is 0 Å². The summed E-state index contributed by atoms with van der Waals surface area (Å²) in [5.74, 6) is -1.25. The Labute approximate surface area is 131 Å². The zero-order chi connectivity index (χ0) is 16.7. The van der Waals surface area contributed by atoms with Crippen molar-refractivity contribution in [2.75, 3.05) is 0 Å². The highest BCUT2D eigenvalue weighted by molar-refractivity contribution is 7.89. The first kappa shape index (κ1) is 15.8. The van der Waals surface area contributed by atoms with Gasteiger partial charge in [0.1, 0.15) is 5.01 Å². The lowest BCUT2D eigenvalue weighted by atomic mass is 10.4. The van der Waals surface area contributed by atoms with E-state index in [1.165, 1.54) is 12.1 Å². The van der Waals surface area contributed by atoms with Crippen molar-refractivity contribution >= 4 is 26.3 Å². The highest BCUT2D eigenvalue weighted by atomic mass is 32.2. The van der Waals surface area contributed by atoms with Gasteiger partial charge >= 0.3 is 6.18 Å². The number of nitrogens with zero attached hydrogens (tertiary/aromatic N) is 4. The number of hydrogen-bond acceptors (Lipinski definition) is 6. The van der Waals surface area contributed by atoms with E-state index in [-0.39, 0.29) is 21.4 Å². The SMILES string of the molecule is O=S(=O)(NCc1nn2c(C(F)(F)F)nnc2s1)c1ccccc1. The van der Waals surface area contributed by atoms with Crippen molar-refractivity contribution in [1.82, 2.24) is 24.5 Å². The molecule has 0 aliphatic rings. The van der Waals surface area contributed by atoms with Crippen LogP contribution in [0.5, 0.6) is 0 Å². The van der Waals surface area contributed by atoms with Gasteiger partial charge in [0.15, 0.2) is 0 Å². The van der Waals surface area contributed by atoms with E-state index in [9.17, 15) is 21.6 Å². The minimum atomic E-state index is -4.69. The molecule has 2 aromatic heterocycles. The van der Waals surface area contributed by atoms with Crippen LogP contribution in [0.25, 0.3) is 4.96 Å². The van der Waals surface area contributed by atoms with E-state index in [0.717, 1.165) is 11.3 Å². The van der Waals surface area contributed by atoms with Gasteiger partial charge in [-0.3, -0.25) is 0 Å². The first-order valence-electron chi connectivity index (χ1n) is 6.10. The maximum Gasteiger partial charge on any atom is 0.453 e. The van der Waals surface area contributed by atoms with E-state index in [1.54, 1.807) is 18.2 Å². The van der Waals surface area contributed by atoms with Gasteiger partial charge in [0.25, 0.3) is 5.82 Å². The fraction of sp³-hybridized carbons (Fsp3) is 0.182. The molecule has 0 amide bonds. The molecular formula is C11H8F3N5O2S2. The Hall–Kier alpha value is -2.05. The zero-order valence-corrected chi connectivity index (χ0v) is 12.8. The number of hydrogen-bond donors (Lipinski definition) is 1. The van der Waals surface area contributed by atoms with Gasteiger partial charge in [-0.25, -0.2) is 13.1 Å². The molecule has 0 atom stereocenters. The lowest BCUT2D eigenvalue weighted by Crippen LogP contribution is -2.23. The Morgan fingerprint density at radius 2 is 1.87 bits per heavy atom. The molecule has 0 fully saturated rings. The number of sulfonamides is 1. The number of alkyl halides is 3. The summed E-state index contributed by atoms with van der Waals surface area (Å²) in [5.41, 5.74) is 0. The highest BCUT2D eigenvalue weighted by Gasteiger charge is 2.38. The molecule has 3 rings (SSSR count). The summed E-state index contributed by atoms with van der Waals surface area (Å²) in [4.78, 5) is -0.00906. The van der Waals surface area contributed by atoms with Crippen LogP contribution in [-0.4, -0.2) is 28.2 Å². The Kier molecular flexibility index (Phi) is 3.82. The summed E-state index contributed by atoms with van der Waals surface area (Å²) < 4.78 is 65.0. The molecular weight excluding hydrogens is 355 g/mol. The standard InChI is InChI=1S/C11H8F3N5O2S2/c12-11(13,14)9-16-17-10-19(9)18-8(22-10)6-15-23(20,21)7-4-2-1-3-5-7/h1-5,15H,6H2. The third kappa shape index (κ3) is 3.18. The lowest BCUT2D eigenvalue weighted by molar-refractivity contribution is -0.146. The largest absolute Gasteiger partial charge is 0.453 e. The number of nitrogens with one attached hydrogen (secondary N) is 1. The van der Waals surface area contributed by atoms with E-state index in [0.29, 0.717) is 4.52 Å². The van der Waals surface area contributed by atoms with Crippen molar-refractivity contribution < 1.29 is 21.6 Å². The summed E-state index contributed by atoms with van der Waals surface area (Å²) in [6.45, 7) is -0.247. The molecule has 0 saturated heterocycles. The van der Waals surface area contributed by atoms with Gasteiger partial charge in [-0.2, -0.15) is 22.8 Å². The van der Waals surface area contributed by atoms with Gasteiger partial charge in [0.05, 0.1) is 11.4 Å². The molecule has 12 heteroatoms. The van der Waals surface area contributed by atoms with Crippen LogP contribution in [0.3, 0.4) is 0 Å². The molecule has 0 saturated carbocycles. The van der Waals surface area contributed by atoms with Crippen LogP contribution in [-0.2, 0) is 22.7 Å². The molecule has 0 aliphatic carbocycles. The quantitative estimate of drug-likeness (QED) is 0.762. The molecule has 0 bridgehead atoms. The van der Waals surface area contributed by atoms with Crippen LogP contribution in [0.4, 0.5) is 13.2 Å². The summed E-state index contributed by atoms with van der Waals surface area (Å²) in [7, 11) is -3.77. The van der Waals surface area contributed by atoms with Crippen LogP contribution in [0.15, 0.2) is 35.2 Å². The Morgan fingerprint density at radius 3 is 2.52 bits per heavy atom. The van der Waals surface area contributed by atoms with E-state index in [2.05, 4.69) is 20.0 Å². The highest BCUT2D eigenvalue weighted by Crippen LogP contribution is 2.28. The maximum absolute atomic E-state index is 12.7. The molecule has 0 unspecified atom stereocenters. The zero-order valence-electron chi connectivity index (χ0n) is 11.1. The van der Waals surface area contributed by atoms with Gasteiger partial charge in [-0.05, 0) is 12.1 Å². The van der Waals surface area contributed by atoms with E-state index in [1.807, 2.05) is 0 Å². The molecule has 1 N–H and O–H groups in total. The van der Waals surface area contributed by atoms with Crippen LogP contribution in [0, 0.1) is 0 Å². The third-order valence-corrected chi connectivity index (χ3v) is 5.07. The van der Waals surface area contributed by atoms with Crippen molar-refractivity contribution in [2.24, 2.45) is 0 Å². The fourth-order valence-electron chi connectivity index (χ4n) is 1.74. The molecule has 23 heavy (non-hydrogen) atoms. The van der Waals surface area contributed by atoms with Crippen LogP contribution in [0.2, 0.25) is 0 Å². The van der Waals surface area contributed by atoms with Gasteiger partial charge in [-0.15, -0.1) is 10.2 Å². The topological polar surface area (TPSA) is 89.2 Å². The second-order valence-electron chi connectivity index (χ2n) is 4.35. The molecule has 0 radical (unpaired) electrons. The number of rotatable bonds is 4. The Bertz CT molecular complexity index is 934. The van der Waals surface area contributed by atoms with E-state index in [4.69, 9.17) is 0 Å². The second kappa shape index (κ2) is 5.54. The Balaban J connectivity index is 1.82. The minimum absolute atomic E-state index is 0.0546. The molecule has 1 aromatic carbocycles. The van der Waals surface area contributed by atoms with Crippen molar-refractivity contribution in [1.29, 1.82) is 0 Å². The van der Waals surface area contributed by atoms with Crippen molar-refractivity contribution in [3.05, 3.63) is 41.2 Å². The summed E-state index contributed by atoms with van der Waals surface area (Å²) >= 11 is 0.821. The van der Waals surface area contributed by atoms with E-state index >= 15 is 0 Å². The van der Waals surface area contributed by atoms with E-state index < -0.39 is 22.0 Å². The molecule has 0 aliphatic heterocycles. The molecule has 0 spiro atoms. The molecule has 122 valence electrons. The minimum Gasteiger partial charge on any atom is -0.207 e. The van der Waals surface area contributed by atoms with Crippen molar-refractivity contribution in [2.45, 2.75) is 17.6 Å². The van der Waals surface area contributed by atoms with Gasteiger partial charge in [0, 0.05) is 0 Å². The van der Waals surface area contributed by atoms with Crippen LogP contribution in [0.1, 0.15) is 10.8 Å². The van der Waals surface area contributed by atoms with Gasteiger partial charge in [0.2, 0.25) is 15.0 Å². The molecule has 7 nitrogen and oxygen atoms in total. The monoisotopic (exact) mass is 363 g/mol. The number of halogens is 3. The Morgan fingerprint density at radius 1 is 1.17 bits per heavy atom. The smallest absolute Gasteiger partial charge is 0.207 e. The average molecular weight is 363 g/mol. The first-order valence-corrected chi connectivity index (χ1v) is 8.40. The maximum atomic E-state index is 12.7. The summed E-state index contributed by atoms with van der Waals surface area (Å²) in [6, 6.07) is 7.60. The van der Waals surface area contributed by atoms with Gasteiger partial charge in [-0.1, -0.05) is 29.5 Å². The normalized spacial score (nSPS) is 12.8. The second-order valence-corrected chi connectivity index (χ2v) is 7.16. The summed E-state index contributed by atoms with van der Waals surface area (Å²) in [6.07, 6.45) is -4.69. The first-order chi connectivity index (χ1) is 10.8. The van der Waals surface area contributed by atoms with Crippen LogP contribution < -0.4 is 4.72 Å². The predicted molar refractivity (Wildman–Crippen MR) is 74.1 cm³/mol. The fourth-order valence-corrected chi connectivity index (χ4v) is 3.62. The number of aromatic nitrogens is 4. The average Bonchev–Trinajstić information content (AvgIpc) is 3.05. The van der Waals surface area contributed by atoms with Crippen molar-refractivity contribution in [3.8, 4) is 0 Å².